The topological polar surface area (TPSA) is 69.1 Å². The number of hydrogen-bond acceptors (Lipinski definition) is 4. The third-order valence-corrected chi connectivity index (χ3v) is 2.97. The van der Waals surface area contributed by atoms with E-state index in [4.69, 9.17) is 5.73 Å². The van der Waals surface area contributed by atoms with Crippen LogP contribution in [0.15, 0.2) is 12.3 Å². The van der Waals surface area contributed by atoms with E-state index in [1.165, 1.54) is 0 Å². The summed E-state index contributed by atoms with van der Waals surface area (Å²) in [5.41, 5.74) is 5.92. The van der Waals surface area contributed by atoms with Gasteiger partial charge in [0.2, 0.25) is 0 Å². The number of hydrogen-bond donors (Lipinski definition) is 1. The summed E-state index contributed by atoms with van der Waals surface area (Å²) in [7, 11) is 0. The van der Waals surface area contributed by atoms with Crippen molar-refractivity contribution in [3.63, 3.8) is 0 Å². The summed E-state index contributed by atoms with van der Waals surface area (Å²) in [6.45, 7) is 8.62. The summed E-state index contributed by atoms with van der Waals surface area (Å²) in [4.78, 5) is 8.54. The fraction of sp³-hybridized carbons (Fsp3) is 0.545. The van der Waals surface area contributed by atoms with E-state index in [1.807, 2.05) is 0 Å². The van der Waals surface area contributed by atoms with Crippen molar-refractivity contribution in [2.75, 3.05) is 5.73 Å². The largest absolute Gasteiger partial charge is 0.383 e. The maximum absolute atomic E-state index is 5.80. The van der Waals surface area contributed by atoms with Gasteiger partial charge < -0.3 is 5.73 Å². The molecular formula is C11H17N5. The first kappa shape index (κ1) is 10.9. The van der Waals surface area contributed by atoms with E-state index in [0.29, 0.717) is 11.6 Å². The van der Waals surface area contributed by atoms with Crippen LogP contribution in [-0.2, 0) is 0 Å². The highest BCUT2D eigenvalue weighted by Gasteiger charge is 2.25. The van der Waals surface area contributed by atoms with Crippen LogP contribution in [0.4, 0.5) is 5.82 Å². The molecule has 0 aliphatic heterocycles. The Kier molecular flexibility index (Phi) is 2.33. The summed E-state index contributed by atoms with van der Waals surface area (Å²) in [5, 5.41) is 4.40. The summed E-state index contributed by atoms with van der Waals surface area (Å²) in [6.07, 6.45) is 1.64. The van der Waals surface area contributed by atoms with E-state index in [2.05, 4.69) is 42.8 Å². The standard InChI is InChI=1S/C11H17N5/c1-7(11(2,3)4)9-14-10-13-6-5-8(12)16(10)15-9/h5-7H,12H2,1-4H3/t7-/m1/s1. The van der Waals surface area contributed by atoms with Gasteiger partial charge in [-0.2, -0.15) is 9.50 Å². The summed E-state index contributed by atoms with van der Waals surface area (Å²) in [5.74, 6) is 2.17. The molecular weight excluding hydrogens is 202 g/mol. The Balaban J connectivity index is 2.52. The van der Waals surface area contributed by atoms with Crippen LogP contribution in [0.2, 0.25) is 0 Å². The predicted octanol–water partition coefficient (Wildman–Crippen LogP) is 1.86. The van der Waals surface area contributed by atoms with Crippen molar-refractivity contribution in [3.8, 4) is 0 Å². The van der Waals surface area contributed by atoms with Crippen molar-refractivity contribution in [3.05, 3.63) is 18.1 Å². The van der Waals surface area contributed by atoms with Crippen molar-refractivity contribution in [2.24, 2.45) is 5.41 Å². The van der Waals surface area contributed by atoms with Gasteiger partial charge in [0.25, 0.3) is 5.78 Å². The van der Waals surface area contributed by atoms with Gasteiger partial charge in [0.15, 0.2) is 5.82 Å². The zero-order valence-corrected chi connectivity index (χ0v) is 10.1. The smallest absolute Gasteiger partial charge is 0.254 e. The lowest BCUT2D eigenvalue weighted by molar-refractivity contribution is 0.328. The van der Waals surface area contributed by atoms with Gasteiger partial charge in [0.05, 0.1) is 0 Å². The van der Waals surface area contributed by atoms with Crippen LogP contribution in [0.3, 0.4) is 0 Å². The molecule has 0 aliphatic rings. The van der Waals surface area contributed by atoms with Crippen molar-refractivity contribution in [1.29, 1.82) is 0 Å². The highest BCUT2D eigenvalue weighted by Crippen LogP contribution is 2.32. The van der Waals surface area contributed by atoms with E-state index < -0.39 is 0 Å². The van der Waals surface area contributed by atoms with E-state index in [1.54, 1.807) is 16.8 Å². The first-order chi connectivity index (χ1) is 7.39. The third-order valence-electron chi connectivity index (χ3n) is 2.97. The molecule has 0 aliphatic carbocycles. The molecule has 1 atom stereocenters. The Morgan fingerprint density at radius 3 is 2.62 bits per heavy atom. The molecule has 2 N–H and O–H groups in total. The Hall–Kier alpha value is -1.65. The molecule has 0 saturated carbocycles. The lowest BCUT2D eigenvalue weighted by Crippen LogP contribution is -2.16. The molecule has 5 heteroatoms. The number of fused-ring (bicyclic) bond motifs is 1. The number of anilines is 1. The fourth-order valence-corrected chi connectivity index (χ4v) is 1.40. The predicted molar refractivity (Wildman–Crippen MR) is 63.1 cm³/mol. The molecule has 0 saturated heterocycles. The summed E-state index contributed by atoms with van der Waals surface area (Å²) >= 11 is 0. The van der Waals surface area contributed by atoms with E-state index in [0.717, 1.165) is 5.82 Å². The number of nitrogens with zero attached hydrogens (tertiary/aromatic N) is 4. The van der Waals surface area contributed by atoms with E-state index in [-0.39, 0.29) is 11.3 Å². The van der Waals surface area contributed by atoms with Gasteiger partial charge in [0, 0.05) is 12.1 Å². The van der Waals surface area contributed by atoms with Crippen LogP contribution in [0.1, 0.15) is 39.4 Å². The minimum absolute atomic E-state index is 0.125. The number of rotatable bonds is 1. The average Bonchev–Trinajstić information content (AvgIpc) is 2.60. The minimum Gasteiger partial charge on any atom is -0.383 e. The highest BCUT2D eigenvalue weighted by atomic mass is 15.4. The molecule has 0 spiro atoms. The maximum atomic E-state index is 5.80. The third kappa shape index (κ3) is 1.73. The second kappa shape index (κ2) is 3.43. The summed E-state index contributed by atoms with van der Waals surface area (Å²) in [6, 6.07) is 1.72. The van der Waals surface area contributed by atoms with Crippen molar-refractivity contribution < 1.29 is 0 Å². The van der Waals surface area contributed by atoms with Crippen LogP contribution in [0, 0.1) is 5.41 Å². The van der Waals surface area contributed by atoms with Crippen LogP contribution < -0.4 is 5.73 Å². The van der Waals surface area contributed by atoms with Crippen LogP contribution in [0.5, 0.6) is 0 Å². The molecule has 2 aromatic rings. The average molecular weight is 219 g/mol. The van der Waals surface area contributed by atoms with Crippen molar-refractivity contribution >= 4 is 11.6 Å². The maximum Gasteiger partial charge on any atom is 0.254 e. The number of nitrogens with two attached hydrogens (primary N) is 1. The molecule has 0 aromatic carbocycles. The molecule has 0 amide bonds. The van der Waals surface area contributed by atoms with Gasteiger partial charge in [-0.25, -0.2) is 4.98 Å². The Morgan fingerprint density at radius 1 is 1.38 bits per heavy atom. The van der Waals surface area contributed by atoms with E-state index >= 15 is 0 Å². The zero-order valence-electron chi connectivity index (χ0n) is 10.1. The number of nitrogen functional groups attached to an aromatic ring is 1. The molecule has 0 fully saturated rings. The minimum atomic E-state index is 0.125. The molecule has 0 unspecified atom stereocenters. The SMILES string of the molecule is C[C@H](c1nc2nccc(N)n2n1)C(C)(C)C. The fourth-order valence-electron chi connectivity index (χ4n) is 1.40. The molecule has 2 heterocycles. The molecule has 2 rings (SSSR count). The van der Waals surface area contributed by atoms with Gasteiger partial charge in [-0.15, -0.1) is 5.10 Å². The van der Waals surface area contributed by atoms with Gasteiger partial charge in [-0.3, -0.25) is 0 Å². The number of aromatic nitrogens is 4. The van der Waals surface area contributed by atoms with Crippen molar-refractivity contribution in [1.82, 2.24) is 19.6 Å². The molecule has 16 heavy (non-hydrogen) atoms. The lowest BCUT2D eigenvalue weighted by Gasteiger charge is -2.24. The van der Waals surface area contributed by atoms with Gasteiger partial charge >= 0.3 is 0 Å². The second-order valence-electron chi connectivity index (χ2n) is 5.14. The van der Waals surface area contributed by atoms with Crippen LogP contribution in [0.25, 0.3) is 5.78 Å². The van der Waals surface area contributed by atoms with Crippen molar-refractivity contribution in [2.45, 2.75) is 33.6 Å². The Labute approximate surface area is 94.7 Å². The molecule has 2 aromatic heterocycles. The molecule has 0 bridgehead atoms. The molecule has 0 radical (unpaired) electrons. The van der Waals surface area contributed by atoms with Crippen LogP contribution in [-0.4, -0.2) is 19.6 Å². The monoisotopic (exact) mass is 219 g/mol. The highest BCUT2D eigenvalue weighted by molar-refractivity contribution is 5.39. The molecule has 5 nitrogen and oxygen atoms in total. The van der Waals surface area contributed by atoms with Crippen LogP contribution >= 0.6 is 0 Å². The molecule has 86 valence electrons. The van der Waals surface area contributed by atoms with Gasteiger partial charge in [-0.1, -0.05) is 27.7 Å². The summed E-state index contributed by atoms with van der Waals surface area (Å²) < 4.78 is 1.58. The quantitative estimate of drug-likeness (QED) is 0.794. The normalized spacial score (nSPS) is 14.2. The lowest BCUT2D eigenvalue weighted by atomic mass is 9.82. The Morgan fingerprint density at radius 2 is 2.06 bits per heavy atom. The first-order valence-corrected chi connectivity index (χ1v) is 5.37. The zero-order chi connectivity index (χ0) is 11.9. The van der Waals surface area contributed by atoms with E-state index in [9.17, 15) is 0 Å². The van der Waals surface area contributed by atoms with Gasteiger partial charge in [-0.05, 0) is 11.5 Å². The first-order valence-electron chi connectivity index (χ1n) is 5.37. The second-order valence-corrected chi connectivity index (χ2v) is 5.14. The Bertz CT molecular complexity index is 509. The van der Waals surface area contributed by atoms with Gasteiger partial charge in [0.1, 0.15) is 5.82 Å².